The summed E-state index contributed by atoms with van der Waals surface area (Å²) in [5, 5.41) is 16.9. The molecular formula is C21H29N3O5S. The number of aliphatic hydroxyl groups excluding tert-OH is 1. The van der Waals surface area contributed by atoms with Gasteiger partial charge in [-0.25, -0.2) is 8.42 Å². The number of carbonyl (C=O) groups excluding carboxylic acids is 1. The lowest BCUT2D eigenvalue weighted by Crippen LogP contribution is -2.42. The second kappa shape index (κ2) is 9.18. The van der Waals surface area contributed by atoms with E-state index in [1.807, 2.05) is 38.1 Å². The zero-order chi connectivity index (χ0) is 21.9. The molecule has 1 aliphatic rings. The molecular weight excluding hydrogens is 406 g/mol. The third-order valence-electron chi connectivity index (χ3n) is 5.75. The van der Waals surface area contributed by atoms with E-state index >= 15 is 0 Å². The van der Waals surface area contributed by atoms with Crippen LogP contribution in [0.2, 0.25) is 0 Å². The topological polar surface area (TPSA) is 111 Å². The summed E-state index contributed by atoms with van der Waals surface area (Å²) in [5.74, 6) is 0.545. The molecule has 1 aromatic carbocycles. The van der Waals surface area contributed by atoms with E-state index in [9.17, 15) is 18.3 Å². The second-order valence-corrected chi connectivity index (χ2v) is 10.0. The van der Waals surface area contributed by atoms with E-state index in [0.717, 1.165) is 12.0 Å². The number of ether oxygens (including phenoxy) is 1. The predicted octanol–water partition coefficient (Wildman–Crippen LogP) is 2.06. The molecule has 1 amide bonds. The van der Waals surface area contributed by atoms with E-state index in [0.29, 0.717) is 17.9 Å². The maximum atomic E-state index is 12.8. The van der Waals surface area contributed by atoms with E-state index in [-0.39, 0.29) is 47.7 Å². The van der Waals surface area contributed by atoms with E-state index in [1.54, 1.807) is 17.9 Å². The molecule has 0 bridgehead atoms. The van der Waals surface area contributed by atoms with Gasteiger partial charge >= 0.3 is 0 Å². The van der Waals surface area contributed by atoms with E-state index in [4.69, 9.17) is 4.74 Å². The molecule has 0 spiro atoms. The Morgan fingerprint density at radius 3 is 2.60 bits per heavy atom. The Balaban J connectivity index is 1.96. The Morgan fingerprint density at radius 1 is 1.37 bits per heavy atom. The highest BCUT2D eigenvalue weighted by molar-refractivity contribution is 7.91. The van der Waals surface area contributed by atoms with Crippen molar-refractivity contribution in [3.8, 4) is 17.0 Å². The number of nitrogens with zero attached hydrogens (tertiary/aromatic N) is 2. The molecule has 1 aliphatic heterocycles. The number of carbonyl (C=O) groups is 1. The summed E-state index contributed by atoms with van der Waals surface area (Å²) >= 11 is 0. The average molecular weight is 436 g/mol. The zero-order valence-corrected chi connectivity index (χ0v) is 18.4. The molecule has 0 saturated carbocycles. The first-order valence-corrected chi connectivity index (χ1v) is 12.0. The molecule has 2 N–H and O–H groups in total. The van der Waals surface area contributed by atoms with Crippen molar-refractivity contribution in [2.45, 2.75) is 38.8 Å². The molecule has 1 aromatic heterocycles. The molecule has 0 aliphatic carbocycles. The Bertz CT molecular complexity index is 985. The summed E-state index contributed by atoms with van der Waals surface area (Å²) < 4.78 is 30.9. The quantitative estimate of drug-likeness (QED) is 0.657. The van der Waals surface area contributed by atoms with Gasteiger partial charge in [-0.05, 0) is 42.7 Å². The first-order valence-electron chi connectivity index (χ1n) is 10.1. The second-order valence-electron chi connectivity index (χ2n) is 7.79. The molecule has 8 nitrogen and oxygen atoms in total. The smallest absolute Gasteiger partial charge is 0.272 e. The number of sulfone groups is 1. The van der Waals surface area contributed by atoms with Crippen LogP contribution in [0.4, 0.5) is 0 Å². The van der Waals surface area contributed by atoms with Crippen LogP contribution in [0.3, 0.4) is 0 Å². The number of aliphatic hydroxyl groups is 1. The van der Waals surface area contributed by atoms with Gasteiger partial charge in [-0.2, -0.15) is 5.10 Å². The predicted molar refractivity (Wildman–Crippen MR) is 114 cm³/mol. The van der Waals surface area contributed by atoms with Crippen LogP contribution < -0.4 is 10.1 Å². The fourth-order valence-electron chi connectivity index (χ4n) is 3.62. The standard InChI is InChI=1S/C21H29N3O5S/c1-4-14(2)19(12-25)22-21(26)18-11-20(15-5-7-17(29-3)8-6-15)24(23-18)16-9-10-30(27,28)13-16/h5-8,11,14,16,19,25H,4,9-10,12-13H2,1-3H3,(H,22,26)/t14-,16?,19-/m0/s1. The summed E-state index contributed by atoms with van der Waals surface area (Å²) in [6.45, 7) is 3.80. The van der Waals surface area contributed by atoms with E-state index < -0.39 is 9.84 Å². The fraction of sp³-hybridized carbons (Fsp3) is 0.524. The highest BCUT2D eigenvalue weighted by atomic mass is 32.2. The van der Waals surface area contributed by atoms with Crippen LogP contribution in [-0.4, -0.2) is 60.5 Å². The molecule has 0 radical (unpaired) electrons. The normalized spacial score (nSPS) is 19.9. The average Bonchev–Trinajstić information content (AvgIpc) is 3.34. The lowest BCUT2D eigenvalue weighted by molar-refractivity contribution is 0.0885. The van der Waals surface area contributed by atoms with Crippen LogP contribution in [0.25, 0.3) is 11.3 Å². The first kappa shape index (κ1) is 22.3. The number of rotatable bonds is 8. The maximum Gasteiger partial charge on any atom is 0.272 e. The summed E-state index contributed by atoms with van der Waals surface area (Å²) in [6, 6.07) is 8.30. The van der Waals surface area contributed by atoms with Crippen molar-refractivity contribution in [2.24, 2.45) is 5.92 Å². The first-order chi connectivity index (χ1) is 14.3. The largest absolute Gasteiger partial charge is 0.497 e. The van der Waals surface area contributed by atoms with E-state index in [2.05, 4.69) is 10.4 Å². The molecule has 3 atom stereocenters. The van der Waals surface area contributed by atoms with Gasteiger partial charge in [0.25, 0.3) is 5.91 Å². The third-order valence-corrected chi connectivity index (χ3v) is 7.50. The minimum absolute atomic E-state index is 0.00499. The summed E-state index contributed by atoms with van der Waals surface area (Å²) in [6.07, 6.45) is 1.28. The van der Waals surface area contributed by atoms with Crippen LogP contribution in [0.5, 0.6) is 5.75 Å². The highest BCUT2D eigenvalue weighted by Gasteiger charge is 2.32. The lowest BCUT2D eigenvalue weighted by Gasteiger charge is -2.21. The monoisotopic (exact) mass is 435 g/mol. The fourth-order valence-corrected chi connectivity index (χ4v) is 5.32. The number of aromatic nitrogens is 2. The molecule has 9 heteroatoms. The third kappa shape index (κ3) is 4.84. The minimum Gasteiger partial charge on any atom is -0.497 e. The van der Waals surface area contributed by atoms with Gasteiger partial charge < -0.3 is 15.2 Å². The summed E-state index contributed by atoms with van der Waals surface area (Å²) in [5.41, 5.74) is 1.69. The number of amides is 1. The Labute approximate surface area is 177 Å². The van der Waals surface area contributed by atoms with E-state index in [1.165, 1.54) is 0 Å². The van der Waals surface area contributed by atoms with Gasteiger partial charge in [-0.15, -0.1) is 0 Å². The van der Waals surface area contributed by atoms with Gasteiger partial charge in [0.05, 0.1) is 43.0 Å². The van der Waals surface area contributed by atoms with Gasteiger partial charge in [-0.1, -0.05) is 20.3 Å². The van der Waals surface area contributed by atoms with Crippen molar-refractivity contribution >= 4 is 15.7 Å². The summed E-state index contributed by atoms with van der Waals surface area (Å²) in [4.78, 5) is 12.8. The van der Waals surface area contributed by atoms with Crippen molar-refractivity contribution in [1.82, 2.24) is 15.1 Å². The van der Waals surface area contributed by atoms with Crippen LogP contribution in [0.1, 0.15) is 43.2 Å². The Morgan fingerprint density at radius 2 is 2.07 bits per heavy atom. The van der Waals surface area contributed by atoms with Crippen molar-refractivity contribution in [2.75, 3.05) is 25.2 Å². The zero-order valence-electron chi connectivity index (χ0n) is 17.5. The van der Waals surface area contributed by atoms with Gasteiger partial charge in [0.15, 0.2) is 15.5 Å². The number of nitrogens with one attached hydrogen (secondary N) is 1. The van der Waals surface area contributed by atoms with Crippen molar-refractivity contribution in [1.29, 1.82) is 0 Å². The minimum atomic E-state index is -3.12. The van der Waals surface area contributed by atoms with Gasteiger partial charge in [-0.3, -0.25) is 9.48 Å². The SMILES string of the molecule is CC[C@H](C)[C@H](CO)NC(=O)c1cc(-c2ccc(OC)cc2)n(C2CCS(=O)(=O)C2)n1. The van der Waals surface area contributed by atoms with Gasteiger partial charge in [0.2, 0.25) is 0 Å². The maximum absolute atomic E-state index is 12.8. The van der Waals surface area contributed by atoms with Crippen molar-refractivity contribution in [3.05, 3.63) is 36.0 Å². The molecule has 2 aromatic rings. The van der Waals surface area contributed by atoms with Gasteiger partial charge in [0.1, 0.15) is 5.75 Å². The van der Waals surface area contributed by atoms with Crippen molar-refractivity contribution < 1.29 is 23.1 Å². The number of methoxy groups -OCH3 is 1. The van der Waals surface area contributed by atoms with Crippen LogP contribution in [-0.2, 0) is 9.84 Å². The van der Waals surface area contributed by atoms with Crippen LogP contribution in [0, 0.1) is 5.92 Å². The molecule has 3 rings (SSSR count). The number of benzene rings is 1. The molecule has 2 heterocycles. The van der Waals surface area contributed by atoms with Crippen molar-refractivity contribution in [3.63, 3.8) is 0 Å². The molecule has 1 fully saturated rings. The molecule has 30 heavy (non-hydrogen) atoms. The number of hydrogen-bond donors (Lipinski definition) is 2. The number of hydrogen-bond acceptors (Lipinski definition) is 6. The molecule has 1 unspecified atom stereocenters. The van der Waals surface area contributed by atoms with Crippen LogP contribution >= 0.6 is 0 Å². The lowest BCUT2D eigenvalue weighted by atomic mass is 10.00. The Hall–Kier alpha value is -2.39. The highest BCUT2D eigenvalue weighted by Crippen LogP contribution is 2.31. The van der Waals surface area contributed by atoms with Gasteiger partial charge in [0, 0.05) is 5.56 Å². The molecule has 1 saturated heterocycles. The van der Waals surface area contributed by atoms with Crippen LogP contribution in [0.15, 0.2) is 30.3 Å². The summed E-state index contributed by atoms with van der Waals surface area (Å²) in [7, 11) is -1.53. The molecule has 164 valence electrons. The Kier molecular flexibility index (Phi) is 6.82.